The molecule has 0 atom stereocenters. The van der Waals surface area contributed by atoms with E-state index in [1.165, 1.54) is 12.8 Å². The summed E-state index contributed by atoms with van der Waals surface area (Å²) in [6.45, 7) is 1.92. The van der Waals surface area contributed by atoms with Crippen LogP contribution in [0.4, 0.5) is 11.4 Å². The number of nitriles is 1. The van der Waals surface area contributed by atoms with E-state index in [2.05, 4.69) is 23.3 Å². The second kappa shape index (κ2) is 5.07. The summed E-state index contributed by atoms with van der Waals surface area (Å²) in [7, 11) is 2.16. The first-order chi connectivity index (χ1) is 8.20. The molecule has 0 aliphatic heterocycles. The predicted octanol–water partition coefficient (Wildman–Crippen LogP) is 1.65. The smallest absolute Gasteiger partial charge is 0.101 e. The van der Waals surface area contributed by atoms with Gasteiger partial charge in [0.2, 0.25) is 0 Å². The van der Waals surface area contributed by atoms with Gasteiger partial charge in [-0.3, -0.25) is 0 Å². The molecule has 90 valence electrons. The molecule has 0 heterocycles. The molecule has 0 radical (unpaired) electrons. The minimum atomic E-state index is 0.533. The highest BCUT2D eigenvalue weighted by Gasteiger charge is 2.25. The normalized spacial score (nSPS) is 14.6. The maximum atomic E-state index is 8.87. The molecule has 1 aliphatic carbocycles. The molecule has 0 amide bonds. The predicted molar refractivity (Wildman–Crippen MR) is 69.7 cm³/mol. The molecule has 0 saturated heterocycles. The van der Waals surface area contributed by atoms with Gasteiger partial charge in [0.1, 0.15) is 6.07 Å². The third kappa shape index (κ3) is 3.11. The van der Waals surface area contributed by atoms with Gasteiger partial charge < -0.3 is 16.0 Å². The van der Waals surface area contributed by atoms with Crippen molar-refractivity contribution in [3.05, 3.63) is 23.8 Å². The summed E-state index contributed by atoms with van der Waals surface area (Å²) in [6.07, 6.45) is 2.66. The summed E-state index contributed by atoms with van der Waals surface area (Å²) >= 11 is 0. The van der Waals surface area contributed by atoms with Crippen LogP contribution in [-0.4, -0.2) is 31.1 Å². The van der Waals surface area contributed by atoms with E-state index < -0.39 is 0 Å². The van der Waals surface area contributed by atoms with Crippen molar-refractivity contribution < 1.29 is 0 Å². The lowest BCUT2D eigenvalue weighted by Gasteiger charge is -2.16. The van der Waals surface area contributed by atoms with Crippen LogP contribution in [0.5, 0.6) is 0 Å². The molecule has 0 bridgehead atoms. The number of likely N-dealkylation sites (N-methyl/N-ethyl adjacent to an activating group) is 1. The Bertz CT molecular complexity index is 432. The van der Waals surface area contributed by atoms with Gasteiger partial charge in [-0.2, -0.15) is 5.26 Å². The lowest BCUT2D eigenvalue weighted by molar-refractivity contribution is 0.337. The van der Waals surface area contributed by atoms with Gasteiger partial charge in [0.15, 0.2) is 0 Å². The molecule has 0 spiro atoms. The molecule has 1 fully saturated rings. The van der Waals surface area contributed by atoms with Crippen LogP contribution in [0.15, 0.2) is 18.2 Å². The van der Waals surface area contributed by atoms with Crippen molar-refractivity contribution in [1.82, 2.24) is 4.90 Å². The topological polar surface area (TPSA) is 65.1 Å². The zero-order valence-corrected chi connectivity index (χ0v) is 10.1. The summed E-state index contributed by atoms with van der Waals surface area (Å²) in [5.74, 6) is 0. The number of anilines is 2. The molecule has 17 heavy (non-hydrogen) atoms. The fraction of sp³-hybridized carbons (Fsp3) is 0.462. The standard InChI is InChI=1S/C13H18N4/c1-17(12-3-4-12)7-6-16-11-2-5-13(15)10(8-11)9-14/h2,5,8,12,16H,3-4,6-7,15H2,1H3. The Hall–Kier alpha value is -1.73. The van der Waals surface area contributed by atoms with E-state index in [9.17, 15) is 0 Å². The number of nitrogens with two attached hydrogens (primary N) is 1. The maximum absolute atomic E-state index is 8.87. The number of nitrogen functional groups attached to an aromatic ring is 1. The fourth-order valence-corrected chi connectivity index (χ4v) is 1.84. The highest BCUT2D eigenvalue weighted by atomic mass is 15.2. The number of rotatable bonds is 5. The zero-order chi connectivity index (χ0) is 12.3. The van der Waals surface area contributed by atoms with Crippen LogP contribution < -0.4 is 11.1 Å². The van der Waals surface area contributed by atoms with Crippen molar-refractivity contribution in [3.63, 3.8) is 0 Å². The quantitative estimate of drug-likeness (QED) is 0.755. The molecule has 0 aromatic heterocycles. The minimum Gasteiger partial charge on any atom is -0.398 e. The highest BCUT2D eigenvalue weighted by molar-refractivity contribution is 5.61. The van der Waals surface area contributed by atoms with Crippen molar-refractivity contribution in [3.8, 4) is 6.07 Å². The van der Waals surface area contributed by atoms with Gasteiger partial charge in [0.05, 0.1) is 5.56 Å². The van der Waals surface area contributed by atoms with E-state index in [0.717, 1.165) is 24.8 Å². The Balaban J connectivity index is 1.84. The van der Waals surface area contributed by atoms with Crippen molar-refractivity contribution in [2.45, 2.75) is 18.9 Å². The lowest BCUT2D eigenvalue weighted by atomic mass is 10.2. The molecular formula is C13H18N4. The summed E-state index contributed by atoms with van der Waals surface area (Å²) < 4.78 is 0. The average Bonchev–Trinajstić information content (AvgIpc) is 3.15. The Morgan fingerprint density at radius 3 is 2.94 bits per heavy atom. The molecule has 1 aromatic carbocycles. The van der Waals surface area contributed by atoms with Gasteiger partial charge in [-0.05, 0) is 38.1 Å². The first-order valence-electron chi connectivity index (χ1n) is 5.94. The number of hydrogen-bond acceptors (Lipinski definition) is 4. The first-order valence-corrected chi connectivity index (χ1v) is 5.94. The van der Waals surface area contributed by atoms with Gasteiger partial charge in [-0.15, -0.1) is 0 Å². The molecule has 1 aliphatic rings. The van der Waals surface area contributed by atoms with Crippen LogP contribution in [0.2, 0.25) is 0 Å². The van der Waals surface area contributed by atoms with Crippen molar-refractivity contribution >= 4 is 11.4 Å². The average molecular weight is 230 g/mol. The van der Waals surface area contributed by atoms with E-state index in [-0.39, 0.29) is 0 Å². The zero-order valence-electron chi connectivity index (χ0n) is 10.1. The maximum Gasteiger partial charge on any atom is 0.101 e. The van der Waals surface area contributed by atoms with E-state index in [4.69, 9.17) is 11.0 Å². The second-order valence-corrected chi connectivity index (χ2v) is 4.55. The summed E-state index contributed by atoms with van der Waals surface area (Å²) in [5.41, 5.74) is 7.69. The molecule has 0 unspecified atom stereocenters. The number of nitrogens with one attached hydrogen (secondary N) is 1. The Labute approximate surface area is 102 Å². The van der Waals surface area contributed by atoms with Crippen LogP contribution in [0.3, 0.4) is 0 Å². The summed E-state index contributed by atoms with van der Waals surface area (Å²) in [5, 5.41) is 12.2. The van der Waals surface area contributed by atoms with Gasteiger partial charge in [-0.1, -0.05) is 0 Å². The van der Waals surface area contributed by atoms with Crippen LogP contribution in [0.25, 0.3) is 0 Å². The third-order valence-electron chi connectivity index (χ3n) is 3.14. The third-order valence-corrected chi connectivity index (χ3v) is 3.14. The van der Waals surface area contributed by atoms with Gasteiger partial charge in [0, 0.05) is 30.5 Å². The van der Waals surface area contributed by atoms with Crippen LogP contribution in [0.1, 0.15) is 18.4 Å². The molecule has 4 nitrogen and oxygen atoms in total. The molecule has 1 saturated carbocycles. The number of benzene rings is 1. The van der Waals surface area contributed by atoms with E-state index in [0.29, 0.717) is 11.3 Å². The number of hydrogen-bond donors (Lipinski definition) is 2. The Morgan fingerprint density at radius 2 is 2.29 bits per heavy atom. The Morgan fingerprint density at radius 1 is 1.53 bits per heavy atom. The Kier molecular flexibility index (Phi) is 3.50. The molecule has 1 aromatic rings. The summed E-state index contributed by atoms with van der Waals surface area (Å²) in [4.78, 5) is 2.37. The molecule has 3 N–H and O–H groups in total. The van der Waals surface area contributed by atoms with Crippen LogP contribution >= 0.6 is 0 Å². The van der Waals surface area contributed by atoms with Gasteiger partial charge in [-0.25, -0.2) is 0 Å². The van der Waals surface area contributed by atoms with Crippen LogP contribution in [0, 0.1) is 11.3 Å². The SMILES string of the molecule is CN(CCNc1ccc(N)c(C#N)c1)C1CC1. The fourth-order valence-electron chi connectivity index (χ4n) is 1.84. The molecule has 4 heteroatoms. The van der Waals surface area contributed by atoms with E-state index >= 15 is 0 Å². The van der Waals surface area contributed by atoms with E-state index in [1.54, 1.807) is 12.1 Å². The molecule has 2 rings (SSSR count). The number of nitrogens with zero attached hydrogens (tertiary/aromatic N) is 2. The lowest BCUT2D eigenvalue weighted by Crippen LogP contribution is -2.27. The highest BCUT2D eigenvalue weighted by Crippen LogP contribution is 2.24. The van der Waals surface area contributed by atoms with Crippen molar-refractivity contribution in [2.75, 3.05) is 31.2 Å². The minimum absolute atomic E-state index is 0.533. The second-order valence-electron chi connectivity index (χ2n) is 4.55. The van der Waals surface area contributed by atoms with E-state index in [1.807, 2.05) is 6.07 Å². The summed E-state index contributed by atoms with van der Waals surface area (Å²) in [6, 6.07) is 8.35. The van der Waals surface area contributed by atoms with Crippen molar-refractivity contribution in [1.29, 1.82) is 5.26 Å². The first kappa shape index (κ1) is 11.7. The van der Waals surface area contributed by atoms with Crippen LogP contribution in [-0.2, 0) is 0 Å². The van der Waals surface area contributed by atoms with Gasteiger partial charge in [0.25, 0.3) is 0 Å². The largest absolute Gasteiger partial charge is 0.398 e. The van der Waals surface area contributed by atoms with Gasteiger partial charge >= 0.3 is 0 Å². The monoisotopic (exact) mass is 230 g/mol. The van der Waals surface area contributed by atoms with Crippen molar-refractivity contribution in [2.24, 2.45) is 0 Å². The molecular weight excluding hydrogens is 212 g/mol.